The highest BCUT2D eigenvalue weighted by molar-refractivity contribution is 9.10. The number of halogens is 1. The van der Waals surface area contributed by atoms with Crippen LogP contribution in [0.5, 0.6) is 0 Å². The number of carbonyl (C=O) groups is 1. The summed E-state index contributed by atoms with van der Waals surface area (Å²) in [5, 5.41) is 12.0. The van der Waals surface area contributed by atoms with Crippen LogP contribution in [0.25, 0.3) is 10.9 Å². The van der Waals surface area contributed by atoms with Gasteiger partial charge in [0, 0.05) is 52.8 Å². The number of pyridine rings is 1. The molecule has 3 heterocycles. The molecule has 1 aliphatic heterocycles. The topological polar surface area (TPSA) is 101 Å². The van der Waals surface area contributed by atoms with Crippen LogP contribution in [-0.2, 0) is 24.3 Å². The van der Waals surface area contributed by atoms with Crippen LogP contribution in [0.2, 0.25) is 0 Å². The molecule has 9 heteroatoms. The van der Waals surface area contributed by atoms with E-state index in [2.05, 4.69) is 20.9 Å². The molecule has 0 fully saturated rings. The molecule has 0 radical (unpaired) electrons. The normalized spacial score (nSPS) is 13.6. The SMILES string of the molecule is O=C(Cn1cc([N+](=O)[O-])ccc1=O)N1CCc2[nH]c3c(Br)cccc3c2C1. The number of nitrogens with one attached hydrogen (secondary N) is 1. The number of rotatable bonds is 3. The van der Waals surface area contributed by atoms with Gasteiger partial charge >= 0.3 is 0 Å². The molecule has 0 unspecified atom stereocenters. The Bertz CT molecular complexity index is 1130. The molecule has 1 aromatic carbocycles. The zero-order valence-electron chi connectivity index (χ0n) is 14.1. The summed E-state index contributed by atoms with van der Waals surface area (Å²) in [5.41, 5.74) is 2.52. The first-order valence-corrected chi connectivity index (χ1v) is 9.14. The van der Waals surface area contributed by atoms with Crippen molar-refractivity contribution >= 4 is 38.4 Å². The zero-order chi connectivity index (χ0) is 19.1. The predicted octanol–water partition coefficient (Wildman–Crippen LogP) is 2.59. The molecule has 0 spiro atoms. The molecule has 0 saturated heterocycles. The Balaban J connectivity index is 1.59. The lowest BCUT2D eigenvalue weighted by Crippen LogP contribution is -2.39. The average Bonchev–Trinajstić information content (AvgIpc) is 3.02. The molecule has 138 valence electrons. The monoisotopic (exact) mass is 430 g/mol. The van der Waals surface area contributed by atoms with Crippen molar-refractivity contribution in [3.63, 3.8) is 0 Å². The smallest absolute Gasteiger partial charge is 0.285 e. The van der Waals surface area contributed by atoms with E-state index in [-0.39, 0.29) is 18.1 Å². The molecule has 0 bridgehead atoms. The summed E-state index contributed by atoms with van der Waals surface area (Å²) < 4.78 is 2.05. The van der Waals surface area contributed by atoms with Crippen molar-refractivity contribution in [1.29, 1.82) is 0 Å². The Morgan fingerprint density at radius 3 is 2.89 bits per heavy atom. The number of nitro groups is 1. The molecular weight excluding hydrogens is 416 g/mol. The molecule has 0 saturated carbocycles. The lowest BCUT2D eigenvalue weighted by Gasteiger charge is -2.27. The number of carbonyl (C=O) groups excluding carboxylic acids is 1. The summed E-state index contributed by atoms with van der Waals surface area (Å²) in [6, 6.07) is 8.16. The van der Waals surface area contributed by atoms with Crippen LogP contribution in [0.3, 0.4) is 0 Å². The number of amides is 1. The molecule has 1 aliphatic rings. The third-order valence-electron chi connectivity index (χ3n) is 4.80. The fraction of sp³-hybridized carbons (Fsp3) is 0.222. The highest BCUT2D eigenvalue weighted by Crippen LogP contribution is 2.31. The van der Waals surface area contributed by atoms with E-state index < -0.39 is 10.5 Å². The predicted molar refractivity (Wildman–Crippen MR) is 102 cm³/mol. The second-order valence-electron chi connectivity index (χ2n) is 6.42. The van der Waals surface area contributed by atoms with Crippen LogP contribution in [0, 0.1) is 10.1 Å². The van der Waals surface area contributed by atoms with Crippen LogP contribution in [0.4, 0.5) is 5.69 Å². The Labute approximate surface area is 161 Å². The standard InChI is InChI=1S/C18H15BrN4O4/c19-14-3-1-2-12-13-9-21(7-6-15(13)20-18(12)14)17(25)10-22-8-11(23(26)27)4-5-16(22)24/h1-5,8,20H,6-7,9-10H2. The van der Waals surface area contributed by atoms with Crippen molar-refractivity contribution in [3.8, 4) is 0 Å². The minimum Gasteiger partial charge on any atom is -0.357 e. The van der Waals surface area contributed by atoms with E-state index in [1.54, 1.807) is 4.90 Å². The van der Waals surface area contributed by atoms with Gasteiger partial charge in [-0.05, 0) is 22.0 Å². The van der Waals surface area contributed by atoms with E-state index in [4.69, 9.17) is 0 Å². The number of hydrogen-bond donors (Lipinski definition) is 1. The van der Waals surface area contributed by atoms with Gasteiger partial charge in [0.25, 0.3) is 11.2 Å². The maximum Gasteiger partial charge on any atom is 0.285 e. The van der Waals surface area contributed by atoms with E-state index in [9.17, 15) is 19.7 Å². The number of aromatic amines is 1. The first kappa shape index (κ1) is 17.5. The minimum absolute atomic E-state index is 0.218. The summed E-state index contributed by atoms with van der Waals surface area (Å²) in [6.45, 7) is 0.746. The zero-order valence-corrected chi connectivity index (χ0v) is 15.7. The first-order chi connectivity index (χ1) is 12.9. The molecule has 2 aromatic heterocycles. The maximum atomic E-state index is 12.7. The Morgan fingerprint density at radius 2 is 2.11 bits per heavy atom. The van der Waals surface area contributed by atoms with Gasteiger partial charge in [0.1, 0.15) is 6.54 Å². The minimum atomic E-state index is -0.586. The van der Waals surface area contributed by atoms with Gasteiger partial charge in [-0.1, -0.05) is 12.1 Å². The van der Waals surface area contributed by atoms with Crippen molar-refractivity contribution in [2.45, 2.75) is 19.5 Å². The summed E-state index contributed by atoms with van der Waals surface area (Å²) in [5.74, 6) is -0.243. The van der Waals surface area contributed by atoms with Gasteiger partial charge in [-0.3, -0.25) is 24.3 Å². The van der Waals surface area contributed by atoms with Gasteiger partial charge in [0.2, 0.25) is 5.91 Å². The summed E-state index contributed by atoms with van der Waals surface area (Å²) in [7, 11) is 0. The van der Waals surface area contributed by atoms with Crippen molar-refractivity contribution in [3.05, 3.63) is 72.7 Å². The second-order valence-corrected chi connectivity index (χ2v) is 7.27. The number of aromatic nitrogens is 2. The number of para-hydroxylation sites is 1. The molecule has 1 amide bonds. The van der Waals surface area contributed by atoms with Crippen LogP contribution in [0.15, 0.2) is 45.8 Å². The highest BCUT2D eigenvalue weighted by Gasteiger charge is 2.25. The van der Waals surface area contributed by atoms with Crippen molar-refractivity contribution in [2.75, 3.05) is 6.54 Å². The third kappa shape index (κ3) is 3.14. The van der Waals surface area contributed by atoms with E-state index in [0.29, 0.717) is 19.5 Å². The number of nitrogens with zero attached hydrogens (tertiary/aromatic N) is 3. The van der Waals surface area contributed by atoms with E-state index in [1.807, 2.05) is 18.2 Å². The lowest BCUT2D eigenvalue weighted by atomic mass is 10.0. The molecule has 3 aromatic rings. The molecular formula is C18H15BrN4O4. The van der Waals surface area contributed by atoms with E-state index >= 15 is 0 Å². The third-order valence-corrected chi connectivity index (χ3v) is 5.46. The van der Waals surface area contributed by atoms with Gasteiger partial charge in [-0.15, -0.1) is 0 Å². The van der Waals surface area contributed by atoms with Gasteiger partial charge in [-0.2, -0.15) is 0 Å². The van der Waals surface area contributed by atoms with E-state index in [1.165, 1.54) is 0 Å². The molecule has 0 aliphatic carbocycles. The molecule has 8 nitrogen and oxygen atoms in total. The summed E-state index contributed by atoms with van der Waals surface area (Å²) in [4.78, 5) is 40.1. The Kier molecular flexibility index (Phi) is 4.31. The Morgan fingerprint density at radius 1 is 1.30 bits per heavy atom. The highest BCUT2D eigenvalue weighted by atomic mass is 79.9. The average molecular weight is 431 g/mol. The van der Waals surface area contributed by atoms with Gasteiger partial charge < -0.3 is 9.88 Å². The fourth-order valence-corrected chi connectivity index (χ4v) is 3.88. The van der Waals surface area contributed by atoms with E-state index in [0.717, 1.165) is 49.5 Å². The van der Waals surface area contributed by atoms with Crippen molar-refractivity contribution in [1.82, 2.24) is 14.5 Å². The summed E-state index contributed by atoms with van der Waals surface area (Å²) in [6.07, 6.45) is 1.80. The largest absolute Gasteiger partial charge is 0.357 e. The number of H-pyrrole nitrogens is 1. The Hall–Kier alpha value is -2.94. The quantitative estimate of drug-likeness (QED) is 0.509. The first-order valence-electron chi connectivity index (χ1n) is 8.34. The van der Waals surface area contributed by atoms with Crippen molar-refractivity contribution < 1.29 is 9.72 Å². The number of hydrogen-bond acceptors (Lipinski definition) is 4. The fourth-order valence-electron chi connectivity index (χ4n) is 3.41. The van der Waals surface area contributed by atoms with Crippen LogP contribution in [0.1, 0.15) is 11.3 Å². The summed E-state index contributed by atoms with van der Waals surface area (Å²) >= 11 is 3.53. The number of benzene rings is 1. The van der Waals surface area contributed by atoms with Gasteiger partial charge in [0.05, 0.1) is 16.6 Å². The van der Waals surface area contributed by atoms with Gasteiger partial charge in [-0.25, -0.2) is 0 Å². The lowest BCUT2D eigenvalue weighted by molar-refractivity contribution is -0.385. The molecule has 1 N–H and O–H groups in total. The molecule has 27 heavy (non-hydrogen) atoms. The van der Waals surface area contributed by atoms with Crippen LogP contribution < -0.4 is 5.56 Å². The number of fused-ring (bicyclic) bond motifs is 3. The molecule has 4 rings (SSSR count). The van der Waals surface area contributed by atoms with Crippen molar-refractivity contribution in [2.24, 2.45) is 0 Å². The maximum absolute atomic E-state index is 12.7. The molecule has 0 atom stereocenters. The van der Waals surface area contributed by atoms with Gasteiger partial charge in [0.15, 0.2) is 0 Å². The second kappa shape index (κ2) is 6.66. The van der Waals surface area contributed by atoms with Crippen LogP contribution >= 0.6 is 15.9 Å². The van der Waals surface area contributed by atoms with Crippen LogP contribution in [-0.4, -0.2) is 31.8 Å².